The number of nitrogens with zero attached hydrogens (tertiary/aromatic N) is 2. The van der Waals surface area contributed by atoms with Gasteiger partial charge in [0.1, 0.15) is 5.54 Å². The van der Waals surface area contributed by atoms with Gasteiger partial charge in [-0.05, 0) is 32.9 Å². The molecule has 0 bridgehead atoms. The number of benzene rings is 1. The zero-order valence-corrected chi connectivity index (χ0v) is 12.1. The topological polar surface area (TPSA) is 74.2 Å². The van der Waals surface area contributed by atoms with Crippen molar-refractivity contribution in [3.05, 3.63) is 35.7 Å². The largest absolute Gasteiger partial charge is 0.376 e. The number of hydrogen-bond acceptors (Lipinski definition) is 5. The van der Waals surface area contributed by atoms with Crippen LogP contribution in [0.3, 0.4) is 0 Å². The Morgan fingerprint density at radius 1 is 1.38 bits per heavy atom. The lowest BCUT2D eigenvalue weighted by molar-refractivity contribution is 0.0410. The molecule has 5 nitrogen and oxygen atoms in total. The highest BCUT2D eigenvalue weighted by atomic mass is 19.2. The monoisotopic (exact) mass is 297 g/mol. The van der Waals surface area contributed by atoms with Crippen LogP contribution in [0.4, 0.5) is 8.78 Å². The van der Waals surface area contributed by atoms with E-state index in [-0.39, 0.29) is 30.0 Å². The van der Waals surface area contributed by atoms with Gasteiger partial charge in [0.2, 0.25) is 0 Å². The lowest BCUT2D eigenvalue weighted by Crippen LogP contribution is -2.40. The molecule has 0 aliphatic carbocycles. The van der Waals surface area contributed by atoms with Crippen molar-refractivity contribution in [3.8, 4) is 11.5 Å². The van der Waals surface area contributed by atoms with E-state index in [1.165, 1.54) is 12.1 Å². The van der Waals surface area contributed by atoms with Gasteiger partial charge in [0, 0.05) is 0 Å². The van der Waals surface area contributed by atoms with Crippen molar-refractivity contribution >= 4 is 0 Å². The Kier molecular flexibility index (Phi) is 4.34. The molecule has 21 heavy (non-hydrogen) atoms. The maximum Gasteiger partial charge on any atom is 0.261 e. The number of halogens is 2. The van der Waals surface area contributed by atoms with Crippen LogP contribution in [0.1, 0.15) is 26.6 Å². The summed E-state index contributed by atoms with van der Waals surface area (Å²) in [6, 6.07) is 3.73. The number of nitrogens with two attached hydrogens (primary N) is 1. The van der Waals surface area contributed by atoms with Crippen LogP contribution < -0.4 is 5.73 Å². The van der Waals surface area contributed by atoms with Crippen LogP contribution in [0, 0.1) is 11.6 Å². The third-order valence-corrected chi connectivity index (χ3v) is 2.84. The highest BCUT2D eigenvalue weighted by molar-refractivity contribution is 5.53. The predicted molar refractivity (Wildman–Crippen MR) is 72.3 cm³/mol. The zero-order valence-electron chi connectivity index (χ0n) is 12.1. The lowest BCUT2D eigenvalue weighted by Gasteiger charge is -2.21. The first-order chi connectivity index (χ1) is 9.81. The molecule has 2 aromatic rings. The van der Waals surface area contributed by atoms with E-state index < -0.39 is 17.2 Å². The first-order valence-electron chi connectivity index (χ1n) is 6.50. The molecule has 0 saturated carbocycles. The van der Waals surface area contributed by atoms with Gasteiger partial charge in [-0.15, -0.1) is 0 Å². The molecule has 0 saturated heterocycles. The summed E-state index contributed by atoms with van der Waals surface area (Å²) in [5, 5.41) is 3.73. The van der Waals surface area contributed by atoms with E-state index in [1.54, 1.807) is 6.92 Å². The highest BCUT2D eigenvalue weighted by Crippen LogP contribution is 2.25. The lowest BCUT2D eigenvalue weighted by atomic mass is 10.1. The van der Waals surface area contributed by atoms with E-state index in [9.17, 15) is 8.78 Å². The van der Waals surface area contributed by atoms with Crippen molar-refractivity contribution in [2.24, 2.45) is 5.73 Å². The van der Waals surface area contributed by atoms with E-state index in [2.05, 4.69) is 10.1 Å². The minimum absolute atomic E-state index is 0.0000833. The van der Waals surface area contributed by atoms with E-state index in [1.807, 2.05) is 13.8 Å². The standard InChI is InChI=1S/C14H17F2N3O2/c1-8(2)20-7-14(3,17)13-18-12(21-19-13)9-5-4-6-10(15)11(9)16/h4-6,8H,7,17H2,1-3H3. The maximum absolute atomic E-state index is 13.7. The molecule has 114 valence electrons. The molecule has 2 rings (SSSR count). The Morgan fingerprint density at radius 2 is 2.10 bits per heavy atom. The highest BCUT2D eigenvalue weighted by Gasteiger charge is 2.29. The third kappa shape index (κ3) is 3.43. The molecule has 1 heterocycles. The van der Waals surface area contributed by atoms with Crippen LogP contribution >= 0.6 is 0 Å². The van der Waals surface area contributed by atoms with Crippen LogP contribution in [0.15, 0.2) is 22.7 Å². The van der Waals surface area contributed by atoms with Gasteiger partial charge >= 0.3 is 0 Å². The van der Waals surface area contributed by atoms with Crippen LogP contribution in [0.5, 0.6) is 0 Å². The van der Waals surface area contributed by atoms with Crippen molar-refractivity contribution < 1.29 is 18.0 Å². The number of rotatable bonds is 5. The van der Waals surface area contributed by atoms with Gasteiger partial charge in [-0.1, -0.05) is 11.2 Å². The van der Waals surface area contributed by atoms with Crippen molar-refractivity contribution in [1.82, 2.24) is 10.1 Å². The summed E-state index contributed by atoms with van der Waals surface area (Å²) in [5.41, 5.74) is 4.98. The Hall–Kier alpha value is -1.86. The molecule has 1 atom stereocenters. The average molecular weight is 297 g/mol. The Labute approximate surface area is 121 Å². The Balaban J connectivity index is 2.27. The van der Waals surface area contributed by atoms with E-state index in [0.29, 0.717) is 0 Å². The van der Waals surface area contributed by atoms with Gasteiger partial charge in [-0.2, -0.15) is 4.98 Å². The first kappa shape index (κ1) is 15.5. The molecule has 0 fully saturated rings. The second-order valence-corrected chi connectivity index (χ2v) is 5.30. The number of aromatic nitrogens is 2. The molecule has 0 aliphatic rings. The van der Waals surface area contributed by atoms with E-state index in [0.717, 1.165) is 6.07 Å². The Morgan fingerprint density at radius 3 is 2.76 bits per heavy atom. The molecule has 1 aromatic heterocycles. The minimum atomic E-state index is -1.04. The predicted octanol–water partition coefficient (Wildman–Crippen LogP) is 2.61. The van der Waals surface area contributed by atoms with Crippen molar-refractivity contribution in [2.75, 3.05) is 6.61 Å². The van der Waals surface area contributed by atoms with E-state index in [4.69, 9.17) is 15.0 Å². The summed E-state index contributed by atoms with van der Waals surface area (Å²) in [4.78, 5) is 4.04. The van der Waals surface area contributed by atoms with Gasteiger partial charge in [0.05, 0.1) is 18.3 Å². The smallest absolute Gasteiger partial charge is 0.261 e. The van der Waals surface area contributed by atoms with Gasteiger partial charge in [-0.25, -0.2) is 8.78 Å². The van der Waals surface area contributed by atoms with Gasteiger partial charge in [-0.3, -0.25) is 0 Å². The van der Waals surface area contributed by atoms with Crippen LogP contribution in [-0.4, -0.2) is 22.9 Å². The number of hydrogen-bond donors (Lipinski definition) is 1. The SMILES string of the molecule is CC(C)OCC(C)(N)c1noc(-c2cccc(F)c2F)n1. The average Bonchev–Trinajstić information content (AvgIpc) is 2.90. The van der Waals surface area contributed by atoms with Crippen molar-refractivity contribution in [1.29, 1.82) is 0 Å². The van der Waals surface area contributed by atoms with E-state index >= 15 is 0 Å². The fourth-order valence-electron chi connectivity index (χ4n) is 1.64. The molecule has 0 radical (unpaired) electrons. The number of ether oxygens (including phenoxy) is 1. The normalized spacial score (nSPS) is 14.4. The van der Waals surface area contributed by atoms with Gasteiger partial charge < -0.3 is 15.0 Å². The summed E-state index contributed by atoms with van der Waals surface area (Å²) in [6.07, 6.45) is -0.0000833. The molecule has 1 unspecified atom stereocenters. The third-order valence-electron chi connectivity index (χ3n) is 2.84. The fraction of sp³-hybridized carbons (Fsp3) is 0.429. The molecule has 0 spiro atoms. The zero-order chi connectivity index (χ0) is 15.6. The summed E-state index contributed by atoms with van der Waals surface area (Å²) in [5.74, 6) is -1.97. The van der Waals surface area contributed by atoms with Gasteiger partial charge in [0.25, 0.3) is 5.89 Å². The quantitative estimate of drug-likeness (QED) is 0.918. The van der Waals surface area contributed by atoms with Crippen LogP contribution in [0.25, 0.3) is 11.5 Å². The summed E-state index contributed by atoms with van der Waals surface area (Å²) in [7, 11) is 0. The molecule has 1 aromatic carbocycles. The Bertz CT molecular complexity index is 626. The second-order valence-electron chi connectivity index (χ2n) is 5.30. The molecular formula is C14H17F2N3O2. The fourth-order valence-corrected chi connectivity index (χ4v) is 1.64. The molecule has 0 amide bonds. The molecule has 2 N–H and O–H groups in total. The van der Waals surface area contributed by atoms with Gasteiger partial charge in [0.15, 0.2) is 17.5 Å². The molecule has 7 heteroatoms. The molecule has 0 aliphatic heterocycles. The second kappa shape index (κ2) is 5.87. The van der Waals surface area contributed by atoms with Crippen molar-refractivity contribution in [2.45, 2.75) is 32.4 Å². The summed E-state index contributed by atoms with van der Waals surface area (Å²) >= 11 is 0. The molecular weight excluding hydrogens is 280 g/mol. The van der Waals surface area contributed by atoms with Crippen LogP contribution in [0.2, 0.25) is 0 Å². The first-order valence-corrected chi connectivity index (χ1v) is 6.50. The van der Waals surface area contributed by atoms with Crippen LogP contribution in [-0.2, 0) is 10.3 Å². The summed E-state index contributed by atoms with van der Waals surface area (Å²) < 4.78 is 37.3. The minimum Gasteiger partial charge on any atom is -0.376 e. The maximum atomic E-state index is 13.7. The van der Waals surface area contributed by atoms with Crippen molar-refractivity contribution in [3.63, 3.8) is 0 Å². The summed E-state index contributed by atoms with van der Waals surface area (Å²) in [6.45, 7) is 5.60.